The van der Waals surface area contributed by atoms with Crippen molar-refractivity contribution in [1.82, 2.24) is 4.72 Å². The van der Waals surface area contributed by atoms with Gasteiger partial charge < -0.3 is 14.5 Å². The number of benzene rings is 2. The Morgan fingerprint density at radius 2 is 1.72 bits per heavy atom. The van der Waals surface area contributed by atoms with Gasteiger partial charge >= 0.3 is 0 Å². The second-order valence-corrected chi connectivity index (χ2v) is 9.08. The zero-order chi connectivity index (χ0) is 22.8. The van der Waals surface area contributed by atoms with Gasteiger partial charge in [-0.1, -0.05) is 26.2 Å². The maximum Gasteiger partial charge on any atom is 0.255 e. The Hall–Kier alpha value is -3.10. The molecule has 0 fully saturated rings. The standard InChI is InChI=1S/C24H28N2O5S/c1-2-3-4-5-16-30-21-12-8-19(9-13-21)24(27)26-20-10-14-23(15-11-20)32(28,29)25-18-22-7-6-17-31-22/h6-15,17,25H,2-5,16,18H2,1H3,(H,26,27). The number of carbonyl (C=O) groups excluding carboxylic acids is 1. The number of carbonyl (C=O) groups is 1. The molecule has 0 aliphatic carbocycles. The fourth-order valence-electron chi connectivity index (χ4n) is 3.00. The van der Waals surface area contributed by atoms with E-state index in [2.05, 4.69) is 17.0 Å². The van der Waals surface area contributed by atoms with E-state index in [0.717, 1.165) is 18.6 Å². The summed E-state index contributed by atoms with van der Waals surface area (Å²) in [6, 6.07) is 16.3. The van der Waals surface area contributed by atoms with E-state index in [1.54, 1.807) is 48.5 Å². The van der Waals surface area contributed by atoms with Crippen molar-refractivity contribution in [3.05, 3.63) is 78.3 Å². The van der Waals surface area contributed by atoms with Gasteiger partial charge in [-0.25, -0.2) is 13.1 Å². The first kappa shape index (κ1) is 23.6. The molecule has 0 spiro atoms. The molecule has 2 N–H and O–H groups in total. The van der Waals surface area contributed by atoms with Crippen molar-refractivity contribution in [2.75, 3.05) is 11.9 Å². The van der Waals surface area contributed by atoms with Crippen molar-refractivity contribution in [3.63, 3.8) is 0 Å². The first-order valence-electron chi connectivity index (χ1n) is 10.6. The van der Waals surface area contributed by atoms with Gasteiger partial charge in [0.1, 0.15) is 11.5 Å². The molecular formula is C24H28N2O5S. The predicted octanol–water partition coefficient (Wildman–Crippen LogP) is 4.97. The molecule has 8 heteroatoms. The zero-order valence-electron chi connectivity index (χ0n) is 18.0. The van der Waals surface area contributed by atoms with E-state index in [9.17, 15) is 13.2 Å². The van der Waals surface area contributed by atoms with Crippen LogP contribution in [0.5, 0.6) is 5.75 Å². The number of sulfonamides is 1. The number of furan rings is 1. The van der Waals surface area contributed by atoms with Gasteiger partial charge in [0.25, 0.3) is 5.91 Å². The number of ether oxygens (including phenoxy) is 1. The molecule has 0 radical (unpaired) electrons. The molecule has 0 bridgehead atoms. The molecule has 0 unspecified atom stereocenters. The molecule has 170 valence electrons. The van der Waals surface area contributed by atoms with Gasteiger partial charge in [-0.15, -0.1) is 0 Å². The molecule has 1 amide bonds. The molecule has 0 aliphatic heterocycles. The van der Waals surface area contributed by atoms with Crippen molar-refractivity contribution in [3.8, 4) is 5.75 Å². The summed E-state index contributed by atoms with van der Waals surface area (Å²) in [5.74, 6) is 0.964. The third-order valence-electron chi connectivity index (χ3n) is 4.82. The number of hydrogen-bond donors (Lipinski definition) is 2. The molecule has 3 rings (SSSR count). The molecule has 32 heavy (non-hydrogen) atoms. The van der Waals surface area contributed by atoms with Crippen LogP contribution in [0.4, 0.5) is 5.69 Å². The highest BCUT2D eigenvalue weighted by Crippen LogP contribution is 2.17. The third-order valence-corrected chi connectivity index (χ3v) is 6.24. The fraction of sp³-hybridized carbons (Fsp3) is 0.292. The SMILES string of the molecule is CCCCCCOc1ccc(C(=O)Nc2ccc(S(=O)(=O)NCc3ccco3)cc2)cc1. The lowest BCUT2D eigenvalue weighted by molar-refractivity contribution is 0.102. The summed E-state index contributed by atoms with van der Waals surface area (Å²) in [6.45, 7) is 2.89. The first-order chi connectivity index (χ1) is 15.5. The summed E-state index contributed by atoms with van der Waals surface area (Å²) in [7, 11) is -3.69. The monoisotopic (exact) mass is 456 g/mol. The lowest BCUT2D eigenvalue weighted by Gasteiger charge is -2.09. The highest BCUT2D eigenvalue weighted by Gasteiger charge is 2.15. The van der Waals surface area contributed by atoms with Gasteiger partial charge in [0.05, 0.1) is 24.3 Å². The molecule has 0 atom stereocenters. The highest BCUT2D eigenvalue weighted by atomic mass is 32.2. The van der Waals surface area contributed by atoms with E-state index < -0.39 is 10.0 Å². The topological polar surface area (TPSA) is 97.6 Å². The van der Waals surface area contributed by atoms with Crippen molar-refractivity contribution >= 4 is 21.6 Å². The van der Waals surface area contributed by atoms with Gasteiger partial charge in [0.2, 0.25) is 10.0 Å². The number of amides is 1. The Labute approximate surface area is 188 Å². The van der Waals surface area contributed by atoms with E-state index in [1.165, 1.54) is 31.2 Å². The van der Waals surface area contributed by atoms with Crippen LogP contribution in [-0.2, 0) is 16.6 Å². The number of anilines is 1. The van der Waals surface area contributed by atoms with E-state index in [1.807, 2.05) is 0 Å². The lowest BCUT2D eigenvalue weighted by atomic mass is 10.2. The Morgan fingerprint density at radius 3 is 2.38 bits per heavy atom. The average molecular weight is 457 g/mol. The van der Waals surface area contributed by atoms with E-state index >= 15 is 0 Å². The zero-order valence-corrected chi connectivity index (χ0v) is 18.9. The van der Waals surface area contributed by atoms with Gasteiger partial charge in [0.15, 0.2) is 0 Å². The number of unbranched alkanes of at least 4 members (excludes halogenated alkanes) is 3. The molecule has 0 saturated heterocycles. The van der Waals surface area contributed by atoms with Crippen LogP contribution in [0.3, 0.4) is 0 Å². The minimum atomic E-state index is -3.69. The number of nitrogens with one attached hydrogen (secondary N) is 2. The normalized spacial score (nSPS) is 11.3. The summed E-state index contributed by atoms with van der Waals surface area (Å²) in [4.78, 5) is 12.6. The maximum absolute atomic E-state index is 12.5. The van der Waals surface area contributed by atoms with Gasteiger partial charge in [-0.05, 0) is 67.1 Å². The predicted molar refractivity (Wildman–Crippen MR) is 123 cm³/mol. The van der Waals surface area contributed by atoms with Crippen LogP contribution >= 0.6 is 0 Å². The summed E-state index contributed by atoms with van der Waals surface area (Å²) in [6.07, 6.45) is 6.04. The Bertz CT molecular complexity index is 1080. The average Bonchev–Trinajstić information content (AvgIpc) is 3.32. The van der Waals surface area contributed by atoms with Gasteiger partial charge in [0, 0.05) is 11.3 Å². The van der Waals surface area contributed by atoms with Crippen LogP contribution in [-0.4, -0.2) is 20.9 Å². The molecule has 0 aliphatic rings. The van der Waals surface area contributed by atoms with Crippen LogP contribution in [0.2, 0.25) is 0 Å². The molecule has 1 aromatic heterocycles. The summed E-state index contributed by atoms with van der Waals surface area (Å²) in [5.41, 5.74) is 0.983. The largest absolute Gasteiger partial charge is 0.494 e. The molecular weight excluding hydrogens is 428 g/mol. The van der Waals surface area contributed by atoms with E-state index in [4.69, 9.17) is 9.15 Å². The highest BCUT2D eigenvalue weighted by molar-refractivity contribution is 7.89. The quantitative estimate of drug-likeness (QED) is 0.375. The minimum absolute atomic E-state index is 0.0618. The second kappa shape index (κ2) is 11.5. The van der Waals surface area contributed by atoms with Crippen molar-refractivity contribution in [2.45, 2.75) is 44.0 Å². The van der Waals surface area contributed by atoms with Crippen LogP contribution < -0.4 is 14.8 Å². The van der Waals surface area contributed by atoms with Crippen molar-refractivity contribution in [1.29, 1.82) is 0 Å². The van der Waals surface area contributed by atoms with Gasteiger partial charge in [-0.2, -0.15) is 0 Å². The number of rotatable bonds is 12. The van der Waals surface area contributed by atoms with Crippen LogP contribution in [0, 0.1) is 0 Å². The van der Waals surface area contributed by atoms with Crippen LogP contribution in [0.25, 0.3) is 0 Å². The van der Waals surface area contributed by atoms with Gasteiger partial charge in [-0.3, -0.25) is 4.79 Å². The van der Waals surface area contributed by atoms with Crippen LogP contribution in [0.1, 0.15) is 48.7 Å². The molecule has 0 saturated carbocycles. The summed E-state index contributed by atoms with van der Waals surface area (Å²) in [5, 5.41) is 2.77. The Balaban J connectivity index is 1.51. The second-order valence-electron chi connectivity index (χ2n) is 7.32. The molecule has 7 nitrogen and oxygen atoms in total. The fourth-order valence-corrected chi connectivity index (χ4v) is 4.00. The minimum Gasteiger partial charge on any atom is -0.494 e. The molecule has 3 aromatic rings. The first-order valence-corrected chi connectivity index (χ1v) is 12.1. The van der Waals surface area contributed by atoms with Crippen molar-refractivity contribution < 1.29 is 22.4 Å². The summed E-state index contributed by atoms with van der Waals surface area (Å²) < 4.78 is 38.1. The molecule has 1 heterocycles. The Morgan fingerprint density at radius 1 is 0.969 bits per heavy atom. The maximum atomic E-state index is 12.5. The lowest BCUT2D eigenvalue weighted by Crippen LogP contribution is -2.23. The third kappa shape index (κ3) is 6.96. The van der Waals surface area contributed by atoms with Crippen LogP contribution in [0.15, 0.2) is 76.2 Å². The molecule has 2 aromatic carbocycles. The van der Waals surface area contributed by atoms with Crippen molar-refractivity contribution in [2.24, 2.45) is 0 Å². The summed E-state index contributed by atoms with van der Waals surface area (Å²) >= 11 is 0. The van der Waals surface area contributed by atoms with E-state index in [0.29, 0.717) is 23.6 Å². The smallest absolute Gasteiger partial charge is 0.255 e. The van der Waals surface area contributed by atoms with E-state index in [-0.39, 0.29) is 17.3 Å². The number of hydrogen-bond acceptors (Lipinski definition) is 5. The Kier molecular flexibility index (Phi) is 8.47.